The summed E-state index contributed by atoms with van der Waals surface area (Å²) >= 11 is 4.42. The number of rotatable bonds is 5. The smallest absolute Gasteiger partial charge is 0.321 e. The molecule has 0 unspecified atom stereocenters. The van der Waals surface area contributed by atoms with Crippen LogP contribution >= 0.6 is 27.7 Å². The summed E-state index contributed by atoms with van der Waals surface area (Å²) < 4.78 is 0.652. The number of halogens is 1. The van der Waals surface area contributed by atoms with E-state index < -0.39 is 17.3 Å². The van der Waals surface area contributed by atoms with E-state index in [1.807, 2.05) is 0 Å². The molecule has 0 bridgehead atoms. The number of nitrogens with two attached hydrogens (primary N) is 1. The maximum Gasteiger partial charge on any atom is 0.321 e. The van der Waals surface area contributed by atoms with Gasteiger partial charge in [-0.25, -0.2) is 4.90 Å². The van der Waals surface area contributed by atoms with Gasteiger partial charge in [0.25, 0.3) is 0 Å². The van der Waals surface area contributed by atoms with Crippen molar-refractivity contribution in [2.75, 3.05) is 10.7 Å². The standard InChI is InChI=1S/C13H13BrN2O4S/c14-7-3-1-2-4-9(7)16-11(17)5-10(12(16)18)21-6-8(15)13(19)20/h1-4,8,10H,5-6,15H2,(H,19,20)/t8-,10-/m0/s1. The van der Waals surface area contributed by atoms with Crippen LogP contribution < -0.4 is 10.6 Å². The normalized spacial score (nSPS) is 19.9. The Kier molecular flexibility index (Phi) is 5.02. The summed E-state index contributed by atoms with van der Waals surface area (Å²) in [5, 5.41) is 8.15. The number of nitrogens with zero attached hydrogens (tertiary/aromatic N) is 1. The molecule has 2 rings (SSSR count). The van der Waals surface area contributed by atoms with E-state index >= 15 is 0 Å². The number of carbonyl (C=O) groups excluding carboxylic acids is 2. The summed E-state index contributed by atoms with van der Waals surface area (Å²) in [5.74, 6) is -1.67. The third kappa shape index (κ3) is 3.45. The van der Waals surface area contributed by atoms with Gasteiger partial charge in [0.15, 0.2) is 0 Å². The van der Waals surface area contributed by atoms with Gasteiger partial charge in [0.1, 0.15) is 6.04 Å². The van der Waals surface area contributed by atoms with Crippen LogP contribution in [0.1, 0.15) is 6.42 Å². The highest BCUT2D eigenvalue weighted by Crippen LogP contribution is 2.33. The van der Waals surface area contributed by atoms with Crippen LogP contribution in [0.25, 0.3) is 0 Å². The Balaban J connectivity index is 2.10. The van der Waals surface area contributed by atoms with Gasteiger partial charge in [0.2, 0.25) is 11.8 Å². The van der Waals surface area contributed by atoms with E-state index in [1.165, 1.54) is 0 Å². The van der Waals surface area contributed by atoms with Crippen LogP contribution in [0.4, 0.5) is 5.69 Å². The Morgan fingerprint density at radius 3 is 2.76 bits per heavy atom. The number of anilines is 1. The Morgan fingerprint density at radius 1 is 1.48 bits per heavy atom. The third-order valence-electron chi connectivity index (χ3n) is 2.99. The van der Waals surface area contributed by atoms with Gasteiger partial charge in [-0.15, -0.1) is 11.8 Å². The molecule has 0 radical (unpaired) electrons. The Labute approximate surface area is 133 Å². The van der Waals surface area contributed by atoms with E-state index in [2.05, 4.69) is 15.9 Å². The summed E-state index contributed by atoms with van der Waals surface area (Å²) in [6.07, 6.45) is 0.0528. The minimum Gasteiger partial charge on any atom is -0.480 e. The van der Waals surface area contributed by atoms with Crippen molar-refractivity contribution in [1.29, 1.82) is 0 Å². The van der Waals surface area contributed by atoms with E-state index in [-0.39, 0.29) is 24.0 Å². The van der Waals surface area contributed by atoms with Crippen LogP contribution in [0.2, 0.25) is 0 Å². The fraction of sp³-hybridized carbons (Fsp3) is 0.308. The predicted octanol–water partition coefficient (Wildman–Crippen LogP) is 1.23. The first-order valence-corrected chi connectivity index (χ1v) is 7.97. The van der Waals surface area contributed by atoms with Crippen LogP contribution in [0.15, 0.2) is 28.7 Å². The van der Waals surface area contributed by atoms with E-state index in [9.17, 15) is 14.4 Å². The van der Waals surface area contributed by atoms with E-state index in [0.29, 0.717) is 10.2 Å². The van der Waals surface area contributed by atoms with Gasteiger partial charge in [-0.2, -0.15) is 0 Å². The van der Waals surface area contributed by atoms with Crippen molar-refractivity contribution < 1.29 is 19.5 Å². The molecule has 1 heterocycles. The molecule has 1 saturated heterocycles. The molecule has 2 atom stereocenters. The topological polar surface area (TPSA) is 101 Å². The van der Waals surface area contributed by atoms with Crippen LogP contribution in [-0.4, -0.2) is 39.9 Å². The quantitative estimate of drug-likeness (QED) is 0.753. The SMILES string of the molecule is N[C@@H](CS[C@H]1CC(=O)N(c2ccccc2Br)C1=O)C(=O)O. The molecule has 6 nitrogen and oxygen atoms in total. The molecule has 1 aromatic rings. The largest absolute Gasteiger partial charge is 0.480 e. The van der Waals surface area contributed by atoms with Gasteiger partial charge in [0, 0.05) is 16.6 Å². The molecule has 21 heavy (non-hydrogen) atoms. The van der Waals surface area contributed by atoms with Crippen molar-refractivity contribution in [2.45, 2.75) is 17.7 Å². The van der Waals surface area contributed by atoms with Crippen LogP contribution in [0, 0.1) is 0 Å². The molecule has 1 aliphatic rings. The maximum absolute atomic E-state index is 12.3. The summed E-state index contributed by atoms with van der Waals surface area (Å²) in [6, 6.07) is 5.90. The zero-order valence-electron chi connectivity index (χ0n) is 10.9. The predicted molar refractivity (Wildman–Crippen MR) is 83.1 cm³/mol. The van der Waals surface area contributed by atoms with Crippen LogP contribution in [0.3, 0.4) is 0 Å². The summed E-state index contributed by atoms with van der Waals surface area (Å²) in [5.41, 5.74) is 5.91. The lowest BCUT2D eigenvalue weighted by atomic mass is 10.3. The number of carbonyl (C=O) groups is 3. The molecule has 1 aliphatic heterocycles. The van der Waals surface area contributed by atoms with Crippen LogP contribution in [0.5, 0.6) is 0 Å². The maximum atomic E-state index is 12.3. The van der Waals surface area contributed by atoms with Gasteiger partial charge in [0.05, 0.1) is 10.9 Å². The highest BCUT2D eigenvalue weighted by atomic mass is 79.9. The van der Waals surface area contributed by atoms with Crippen LogP contribution in [-0.2, 0) is 14.4 Å². The molecular weight excluding hydrogens is 360 g/mol. The minimum atomic E-state index is -1.12. The average molecular weight is 373 g/mol. The molecular formula is C13H13BrN2O4S. The Bertz CT molecular complexity index is 595. The lowest BCUT2D eigenvalue weighted by molar-refractivity contribution is -0.138. The first-order chi connectivity index (χ1) is 9.91. The van der Waals surface area contributed by atoms with Crippen molar-refractivity contribution in [2.24, 2.45) is 5.73 Å². The van der Waals surface area contributed by atoms with Gasteiger partial charge in [-0.1, -0.05) is 12.1 Å². The number of thioether (sulfide) groups is 1. The molecule has 0 aromatic heterocycles. The number of carboxylic acid groups (broad SMARTS) is 1. The molecule has 0 aliphatic carbocycles. The number of aliphatic carboxylic acids is 1. The van der Waals surface area contributed by atoms with E-state index in [4.69, 9.17) is 10.8 Å². The number of benzene rings is 1. The number of para-hydroxylation sites is 1. The van der Waals surface area contributed by atoms with Crippen molar-refractivity contribution in [3.8, 4) is 0 Å². The zero-order valence-corrected chi connectivity index (χ0v) is 13.3. The number of hydrogen-bond donors (Lipinski definition) is 2. The zero-order chi connectivity index (χ0) is 15.6. The number of imide groups is 1. The number of hydrogen-bond acceptors (Lipinski definition) is 5. The average Bonchev–Trinajstić information content (AvgIpc) is 2.71. The number of carboxylic acids is 1. The molecule has 112 valence electrons. The van der Waals surface area contributed by atoms with Crippen molar-refractivity contribution in [3.05, 3.63) is 28.7 Å². The molecule has 2 amide bonds. The molecule has 0 saturated carbocycles. The summed E-state index contributed by atoms with van der Waals surface area (Å²) in [7, 11) is 0. The molecule has 8 heteroatoms. The summed E-state index contributed by atoms with van der Waals surface area (Å²) in [4.78, 5) is 36.2. The van der Waals surface area contributed by atoms with Crippen molar-refractivity contribution >= 4 is 51.2 Å². The number of amides is 2. The highest BCUT2D eigenvalue weighted by molar-refractivity contribution is 9.10. The first kappa shape index (κ1) is 16.0. The molecule has 1 fully saturated rings. The Hall–Kier alpha value is -1.38. The third-order valence-corrected chi connectivity index (χ3v) is 4.99. The Morgan fingerprint density at radius 2 is 2.14 bits per heavy atom. The summed E-state index contributed by atoms with van der Waals surface area (Å²) in [6.45, 7) is 0. The molecule has 0 spiro atoms. The molecule has 1 aromatic carbocycles. The lowest BCUT2D eigenvalue weighted by Gasteiger charge is -2.16. The minimum absolute atomic E-state index is 0.0528. The molecule has 3 N–H and O–H groups in total. The second-order valence-corrected chi connectivity index (χ2v) is 6.58. The van der Waals surface area contributed by atoms with Gasteiger partial charge in [-0.05, 0) is 28.1 Å². The van der Waals surface area contributed by atoms with Gasteiger partial charge in [-0.3, -0.25) is 14.4 Å². The van der Waals surface area contributed by atoms with Crippen molar-refractivity contribution in [3.63, 3.8) is 0 Å². The van der Waals surface area contributed by atoms with Gasteiger partial charge < -0.3 is 10.8 Å². The van der Waals surface area contributed by atoms with Gasteiger partial charge >= 0.3 is 5.97 Å². The first-order valence-electron chi connectivity index (χ1n) is 6.13. The monoisotopic (exact) mass is 372 g/mol. The highest BCUT2D eigenvalue weighted by Gasteiger charge is 2.40. The fourth-order valence-corrected chi connectivity index (χ4v) is 3.46. The fourth-order valence-electron chi connectivity index (χ4n) is 1.91. The lowest BCUT2D eigenvalue weighted by Crippen LogP contribution is -2.35. The van der Waals surface area contributed by atoms with E-state index in [1.54, 1.807) is 24.3 Å². The van der Waals surface area contributed by atoms with E-state index in [0.717, 1.165) is 16.7 Å². The second-order valence-electron chi connectivity index (χ2n) is 4.49. The van der Waals surface area contributed by atoms with Crippen molar-refractivity contribution in [1.82, 2.24) is 0 Å². The second kappa shape index (κ2) is 6.59.